The minimum atomic E-state index is -0.0752. The van der Waals surface area contributed by atoms with E-state index in [0.717, 1.165) is 18.9 Å². The first-order valence-electron chi connectivity index (χ1n) is 7.04. The molecule has 0 radical (unpaired) electrons. The van der Waals surface area contributed by atoms with E-state index >= 15 is 0 Å². The van der Waals surface area contributed by atoms with Crippen molar-refractivity contribution in [1.82, 2.24) is 14.9 Å². The van der Waals surface area contributed by atoms with Gasteiger partial charge in [-0.15, -0.1) is 0 Å². The van der Waals surface area contributed by atoms with Gasteiger partial charge in [0.25, 0.3) is 5.91 Å². The fourth-order valence-corrected chi connectivity index (χ4v) is 2.55. The van der Waals surface area contributed by atoms with Crippen LogP contribution in [0.2, 0.25) is 0 Å². The maximum Gasteiger partial charge on any atom is 0.291 e. The Bertz CT molecular complexity index is 630. The SMILES string of the molecule is Cc1nc(C)c(C(=O)N2CCN(c3ccccn3)CC2)o1. The predicted octanol–water partition coefficient (Wildman–Crippen LogP) is 1.65. The standard InChI is InChI=1S/C15H18N4O2/c1-11-14(21-12(2)17-11)15(20)19-9-7-18(8-10-19)13-5-3-4-6-16-13/h3-6H,7-10H2,1-2H3. The Morgan fingerprint density at radius 1 is 1.19 bits per heavy atom. The zero-order valence-corrected chi connectivity index (χ0v) is 12.2. The minimum Gasteiger partial charge on any atom is -0.436 e. The first kappa shape index (κ1) is 13.6. The van der Waals surface area contributed by atoms with E-state index < -0.39 is 0 Å². The van der Waals surface area contributed by atoms with Crippen molar-refractivity contribution in [1.29, 1.82) is 0 Å². The molecule has 110 valence electrons. The summed E-state index contributed by atoms with van der Waals surface area (Å²) in [5, 5.41) is 0. The Kier molecular flexibility index (Phi) is 3.60. The zero-order chi connectivity index (χ0) is 14.8. The quantitative estimate of drug-likeness (QED) is 0.840. The van der Waals surface area contributed by atoms with E-state index in [-0.39, 0.29) is 5.91 Å². The Labute approximate surface area is 123 Å². The Morgan fingerprint density at radius 2 is 1.95 bits per heavy atom. The first-order chi connectivity index (χ1) is 10.1. The molecule has 21 heavy (non-hydrogen) atoms. The zero-order valence-electron chi connectivity index (χ0n) is 12.2. The highest BCUT2D eigenvalue weighted by atomic mass is 16.4. The van der Waals surface area contributed by atoms with Crippen LogP contribution in [0.4, 0.5) is 5.82 Å². The van der Waals surface area contributed by atoms with E-state index in [1.807, 2.05) is 23.1 Å². The van der Waals surface area contributed by atoms with Crippen LogP contribution < -0.4 is 4.90 Å². The average Bonchev–Trinajstić information content (AvgIpc) is 2.86. The Morgan fingerprint density at radius 3 is 2.52 bits per heavy atom. The normalized spacial score (nSPS) is 15.3. The summed E-state index contributed by atoms with van der Waals surface area (Å²) in [4.78, 5) is 24.9. The van der Waals surface area contributed by atoms with Crippen molar-refractivity contribution in [2.24, 2.45) is 0 Å². The van der Waals surface area contributed by atoms with Crippen LogP contribution in [0.25, 0.3) is 0 Å². The average molecular weight is 286 g/mol. The monoisotopic (exact) mass is 286 g/mol. The molecule has 0 aliphatic carbocycles. The predicted molar refractivity (Wildman–Crippen MR) is 78.3 cm³/mol. The lowest BCUT2D eigenvalue weighted by molar-refractivity contribution is 0.0712. The molecule has 1 amide bonds. The molecule has 2 aromatic rings. The molecule has 0 unspecified atom stereocenters. The molecule has 1 fully saturated rings. The van der Waals surface area contributed by atoms with Gasteiger partial charge in [0.1, 0.15) is 5.82 Å². The van der Waals surface area contributed by atoms with E-state index in [4.69, 9.17) is 4.42 Å². The molecule has 0 aromatic carbocycles. The largest absolute Gasteiger partial charge is 0.436 e. The van der Waals surface area contributed by atoms with Gasteiger partial charge in [-0.3, -0.25) is 4.79 Å². The summed E-state index contributed by atoms with van der Waals surface area (Å²) in [5.41, 5.74) is 0.657. The maximum atomic E-state index is 12.4. The van der Waals surface area contributed by atoms with E-state index in [1.165, 1.54) is 0 Å². The highest BCUT2D eigenvalue weighted by molar-refractivity contribution is 5.92. The van der Waals surface area contributed by atoms with Gasteiger partial charge in [-0.25, -0.2) is 9.97 Å². The number of carbonyl (C=O) groups is 1. The van der Waals surface area contributed by atoms with Crippen molar-refractivity contribution in [2.45, 2.75) is 13.8 Å². The van der Waals surface area contributed by atoms with E-state index in [2.05, 4.69) is 14.9 Å². The third-order valence-electron chi connectivity index (χ3n) is 3.64. The number of pyridine rings is 1. The van der Waals surface area contributed by atoms with E-state index in [1.54, 1.807) is 20.0 Å². The molecule has 3 rings (SSSR count). The first-order valence-corrected chi connectivity index (χ1v) is 7.04. The van der Waals surface area contributed by atoms with Crippen LogP contribution >= 0.6 is 0 Å². The Hall–Kier alpha value is -2.37. The molecule has 2 aromatic heterocycles. The third kappa shape index (κ3) is 2.74. The van der Waals surface area contributed by atoms with Gasteiger partial charge >= 0.3 is 0 Å². The van der Waals surface area contributed by atoms with Crippen LogP contribution in [0.15, 0.2) is 28.8 Å². The molecular formula is C15H18N4O2. The number of nitrogens with zero attached hydrogens (tertiary/aromatic N) is 4. The number of aromatic nitrogens is 2. The smallest absolute Gasteiger partial charge is 0.291 e. The van der Waals surface area contributed by atoms with Crippen molar-refractivity contribution in [2.75, 3.05) is 31.1 Å². The molecule has 0 bridgehead atoms. The second-order valence-corrected chi connectivity index (χ2v) is 5.11. The van der Waals surface area contributed by atoms with Crippen LogP contribution in [0.3, 0.4) is 0 Å². The molecule has 0 N–H and O–H groups in total. The van der Waals surface area contributed by atoms with Crippen molar-refractivity contribution >= 4 is 11.7 Å². The van der Waals surface area contributed by atoms with Gasteiger partial charge < -0.3 is 14.2 Å². The van der Waals surface area contributed by atoms with Crippen LogP contribution in [-0.4, -0.2) is 47.0 Å². The summed E-state index contributed by atoms with van der Waals surface area (Å²) in [6.45, 7) is 6.42. The van der Waals surface area contributed by atoms with Gasteiger partial charge in [-0.2, -0.15) is 0 Å². The van der Waals surface area contributed by atoms with Crippen LogP contribution in [0.1, 0.15) is 22.1 Å². The lowest BCUT2D eigenvalue weighted by atomic mass is 10.2. The Balaban J connectivity index is 1.66. The number of aryl methyl sites for hydroxylation is 2. The minimum absolute atomic E-state index is 0.0752. The number of hydrogen-bond acceptors (Lipinski definition) is 5. The summed E-state index contributed by atoms with van der Waals surface area (Å²) in [5.74, 6) is 1.77. The fourth-order valence-electron chi connectivity index (χ4n) is 2.55. The highest BCUT2D eigenvalue weighted by Crippen LogP contribution is 2.16. The molecule has 6 heteroatoms. The van der Waals surface area contributed by atoms with E-state index in [9.17, 15) is 4.79 Å². The molecular weight excluding hydrogens is 268 g/mol. The molecule has 0 atom stereocenters. The van der Waals surface area contributed by atoms with Crippen molar-refractivity contribution < 1.29 is 9.21 Å². The van der Waals surface area contributed by atoms with Gasteiger partial charge in [0.15, 0.2) is 5.89 Å². The molecule has 3 heterocycles. The number of hydrogen-bond donors (Lipinski definition) is 0. The van der Waals surface area contributed by atoms with Crippen LogP contribution in [0.5, 0.6) is 0 Å². The number of carbonyl (C=O) groups excluding carboxylic acids is 1. The van der Waals surface area contributed by atoms with Crippen molar-refractivity contribution in [3.8, 4) is 0 Å². The highest BCUT2D eigenvalue weighted by Gasteiger charge is 2.26. The summed E-state index contributed by atoms with van der Waals surface area (Å²) in [7, 11) is 0. The molecule has 1 saturated heterocycles. The van der Waals surface area contributed by atoms with Gasteiger partial charge in [-0.1, -0.05) is 6.07 Å². The number of piperazine rings is 1. The molecule has 1 aliphatic heterocycles. The molecule has 0 saturated carbocycles. The number of anilines is 1. The molecule has 1 aliphatic rings. The molecule has 0 spiro atoms. The third-order valence-corrected chi connectivity index (χ3v) is 3.64. The fraction of sp³-hybridized carbons (Fsp3) is 0.400. The van der Waals surface area contributed by atoms with Crippen molar-refractivity contribution in [3.05, 3.63) is 41.7 Å². The summed E-state index contributed by atoms with van der Waals surface area (Å²) >= 11 is 0. The number of amides is 1. The summed E-state index contributed by atoms with van der Waals surface area (Å²) in [6, 6.07) is 5.86. The molecule has 6 nitrogen and oxygen atoms in total. The van der Waals surface area contributed by atoms with Gasteiger partial charge in [0.2, 0.25) is 5.76 Å². The van der Waals surface area contributed by atoms with Gasteiger partial charge in [0, 0.05) is 39.3 Å². The van der Waals surface area contributed by atoms with Crippen molar-refractivity contribution in [3.63, 3.8) is 0 Å². The van der Waals surface area contributed by atoms with Gasteiger partial charge in [-0.05, 0) is 19.1 Å². The summed E-state index contributed by atoms with van der Waals surface area (Å²) < 4.78 is 5.41. The summed E-state index contributed by atoms with van der Waals surface area (Å²) in [6.07, 6.45) is 1.79. The number of rotatable bonds is 2. The second-order valence-electron chi connectivity index (χ2n) is 5.11. The topological polar surface area (TPSA) is 62.5 Å². The van der Waals surface area contributed by atoms with E-state index in [0.29, 0.717) is 30.4 Å². The lowest BCUT2D eigenvalue weighted by Gasteiger charge is -2.35. The van der Waals surface area contributed by atoms with Crippen LogP contribution in [0, 0.1) is 13.8 Å². The number of oxazole rings is 1. The lowest BCUT2D eigenvalue weighted by Crippen LogP contribution is -2.49. The second kappa shape index (κ2) is 5.55. The maximum absolute atomic E-state index is 12.4. The van der Waals surface area contributed by atoms with Gasteiger partial charge in [0.05, 0.1) is 5.69 Å². The van der Waals surface area contributed by atoms with Crippen LogP contribution in [-0.2, 0) is 0 Å².